The van der Waals surface area contributed by atoms with Gasteiger partial charge in [0.15, 0.2) is 0 Å². The highest BCUT2D eigenvalue weighted by molar-refractivity contribution is 5.86. The molecule has 7 heteroatoms. The zero-order valence-corrected chi connectivity index (χ0v) is 19.7. The molecule has 0 spiro atoms. The van der Waals surface area contributed by atoms with E-state index in [4.69, 9.17) is 13.9 Å². The third-order valence-electron chi connectivity index (χ3n) is 5.67. The van der Waals surface area contributed by atoms with Gasteiger partial charge in [0.2, 0.25) is 0 Å². The Balaban J connectivity index is 1.57. The zero-order chi connectivity index (χ0) is 24.3. The van der Waals surface area contributed by atoms with Gasteiger partial charge in [-0.2, -0.15) is 0 Å². The molecule has 0 unspecified atom stereocenters. The highest BCUT2D eigenvalue weighted by Crippen LogP contribution is 2.29. The Morgan fingerprint density at radius 1 is 1.03 bits per heavy atom. The second-order valence-electron chi connectivity index (χ2n) is 9.52. The van der Waals surface area contributed by atoms with E-state index in [9.17, 15) is 14.4 Å². The van der Waals surface area contributed by atoms with Gasteiger partial charge in [0.1, 0.15) is 23.0 Å². The van der Waals surface area contributed by atoms with Crippen LogP contribution < -0.4 is 15.7 Å². The fraction of sp³-hybridized carbons (Fsp3) is 0.370. The molecule has 1 aliphatic carbocycles. The lowest BCUT2D eigenvalue weighted by Crippen LogP contribution is -2.46. The first-order chi connectivity index (χ1) is 16.2. The molecule has 34 heavy (non-hydrogen) atoms. The third kappa shape index (κ3) is 5.65. The maximum Gasteiger partial charge on any atom is 0.408 e. The summed E-state index contributed by atoms with van der Waals surface area (Å²) in [6.45, 7) is 5.25. The molecule has 1 heterocycles. The normalized spacial score (nSPS) is 14.2. The van der Waals surface area contributed by atoms with Crippen LogP contribution in [0.2, 0.25) is 0 Å². The fourth-order valence-corrected chi connectivity index (χ4v) is 4.17. The highest BCUT2D eigenvalue weighted by atomic mass is 16.6. The number of amides is 1. The summed E-state index contributed by atoms with van der Waals surface area (Å²) >= 11 is 0. The van der Waals surface area contributed by atoms with Gasteiger partial charge in [-0.25, -0.2) is 14.4 Å². The second-order valence-corrected chi connectivity index (χ2v) is 9.52. The lowest BCUT2D eigenvalue weighted by Gasteiger charge is -2.23. The molecule has 1 atom stereocenters. The van der Waals surface area contributed by atoms with Crippen molar-refractivity contribution in [2.75, 3.05) is 0 Å². The summed E-state index contributed by atoms with van der Waals surface area (Å²) in [5.74, 6) is -0.408. The van der Waals surface area contributed by atoms with Gasteiger partial charge in [0, 0.05) is 23.4 Å². The molecule has 0 saturated carbocycles. The zero-order valence-electron chi connectivity index (χ0n) is 19.7. The molecule has 4 rings (SSSR count). The van der Waals surface area contributed by atoms with E-state index in [2.05, 4.69) is 5.32 Å². The Labute approximate surface area is 198 Å². The van der Waals surface area contributed by atoms with Gasteiger partial charge in [-0.3, -0.25) is 0 Å². The molecule has 0 saturated heterocycles. The van der Waals surface area contributed by atoms with Crippen LogP contribution in [0.25, 0.3) is 11.0 Å². The number of fused-ring (bicyclic) bond motifs is 3. The summed E-state index contributed by atoms with van der Waals surface area (Å²) in [5.41, 5.74) is 1.96. The number of carbonyl (C=O) groups excluding carboxylic acids is 2. The van der Waals surface area contributed by atoms with Crippen molar-refractivity contribution in [1.82, 2.24) is 5.32 Å². The number of ether oxygens (including phenoxy) is 2. The Bertz CT molecular complexity index is 1260. The van der Waals surface area contributed by atoms with Crippen LogP contribution in [0, 0.1) is 0 Å². The molecule has 1 aliphatic rings. The van der Waals surface area contributed by atoms with Crippen molar-refractivity contribution in [3.63, 3.8) is 0 Å². The molecule has 178 valence electrons. The average Bonchev–Trinajstić information content (AvgIpc) is 2.78. The molecule has 3 aromatic rings. The third-order valence-corrected chi connectivity index (χ3v) is 5.67. The van der Waals surface area contributed by atoms with Crippen LogP contribution in [0.4, 0.5) is 4.79 Å². The van der Waals surface area contributed by atoms with E-state index in [0.717, 1.165) is 47.8 Å². The summed E-state index contributed by atoms with van der Waals surface area (Å²) < 4.78 is 16.4. The summed E-state index contributed by atoms with van der Waals surface area (Å²) in [5, 5.41) is 3.48. The molecular weight excluding hydrogens is 434 g/mol. The van der Waals surface area contributed by atoms with Crippen LogP contribution in [0.15, 0.2) is 57.7 Å². The first kappa shape index (κ1) is 23.5. The quantitative estimate of drug-likeness (QED) is 0.334. The maximum atomic E-state index is 13.1. The van der Waals surface area contributed by atoms with Crippen molar-refractivity contribution in [3.05, 3.63) is 75.6 Å². The number of rotatable bonds is 5. The van der Waals surface area contributed by atoms with Crippen LogP contribution >= 0.6 is 0 Å². The topological polar surface area (TPSA) is 94.8 Å². The molecule has 1 amide bonds. The Morgan fingerprint density at radius 3 is 2.44 bits per heavy atom. The van der Waals surface area contributed by atoms with Crippen molar-refractivity contribution in [3.8, 4) is 5.75 Å². The van der Waals surface area contributed by atoms with Gasteiger partial charge in [0.25, 0.3) is 0 Å². The van der Waals surface area contributed by atoms with E-state index in [1.165, 1.54) is 0 Å². The summed E-state index contributed by atoms with van der Waals surface area (Å²) in [6, 6.07) is 13.4. The van der Waals surface area contributed by atoms with Crippen molar-refractivity contribution in [2.45, 2.75) is 64.5 Å². The molecule has 7 nitrogen and oxygen atoms in total. The van der Waals surface area contributed by atoms with Gasteiger partial charge in [-0.15, -0.1) is 0 Å². The maximum absolute atomic E-state index is 13.1. The number of carbonyl (C=O) groups is 2. The van der Waals surface area contributed by atoms with Crippen LogP contribution in [0.3, 0.4) is 0 Å². The SMILES string of the molecule is CC(C)(C)OC(=O)N[C@@H](Cc1ccccc1)C(=O)Oc1ccc2c3c(c(=O)oc2c1)CCCC3. The van der Waals surface area contributed by atoms with Gasteiger partial charge < -0.3 is 19.2 Å². The van der Waals surface area contributed by atoms with Crippen molar-refractivity contribution in [2.24, 2.45) is 0 Å². The highest BCUT2D eigenvalue weighted by Gasteiger charge is 2.27. The van der Waals surface area contributed by atoms with Gasteiger partial charge >= 0.3 is 17.7 Å². The van der Waals surface area contributed by atoms with E-state index in [-0.39, 0.29) is 17.8 Å². The van der Waals surface area contributed by atoms with Crippen LogP contribution in [0.1, 0.15) is 50.3 Å². The monoisotopic (exact) mass is 463 g/mol. The van der Waals surface area contributed by atoms with E-state index in [1.54, 1.807) is 32.9 Å². The number of alkyl carbamates (subject to hydrolysis) is 1. The smallest absolute Gasteiger partial charge is 0.408 e. The fourth-order valence-electron chi connectivity index (χ4n) is 4.17. The molecule has 1 aromatic heterocycles. The van der Waals surface area contributed by atoms with E-state index >= 15 is 0 Å². The Morgan fingerprint density at radius 2 is 1.74 bits per heavy atom. The summed E-state index contributed by atoms with van der Waals surface area (Å²) in [6.07, 6.45) is 3.08. The largest absolute Gasteiger partial charge is 0.444 e. The van der Waals surface area contributed by atoms with Crippen molar-refractivity contribution < 1.29 is 23.5 Å². The first-order valence-electron chi connectivity index (χ1n) is 11.5. The number of hydrogen-bond donors (Lipinski definition) is 1. The number of nitrogens with one attached hydrogen (secondary N) is 1. The van der Waals surface area contributed by atoms with E-state index < -0.39 is 23.7 Å². The first-order valence-corrected chi connectivity index (χ1v) is 11.5. The van der Waals surface area contributed by atoms with Crippen LogP contribution in [0.5, 0.6) is 5.75 Å². The minimum Gasteiger partial charge on any atom is -0.444 e. The molecule has 0 radical (unpaired) electrons. The minimum absolute atomic E-state index is 0.231. The summed E-state index contributed by atoms with van der Waals surface area (Å²) in [4.78, 5) is 37.9. The number of esters is 1. The van der Waals surface area contributed by atoms with E-state index in [1.807, 2.05) is 36.4 Å². The second kappa shape index (κ2) is 9.71. The van der Waals surface area contributed by atoms with Gasteiger partial charge in [-0.05, 0) is 69.7 Å². The molecular formula is C27H29NO6. The molecule has 0 bridgehead atoms. The van der Waals surface area contributed by atoms with Crippen LogP contribution in [-0.4, -0.2) is 23.7 Å². The molecule has 0 aliphatic heterocycles. The molecule has 0 fully saturated rings. The standard InChI is InChI=1S/C27H29NO6/c1-27(2,3)34-26(31)28-22(15-17-9-5-4-6-10-17)25(30)32-18-13-14-20-19-11-7-8-12-21(19)24(29)33-23(20)16-18/h4-6,9-10,13-14,16,22H,7-8,11-12,15H2,1-3H3,(H,28,31)/t22-/m0/s1. The predicted molar refractivity (Wildman–Crippen MR) is 128 cm³/mol. The minimum atomic E-state index is -0.969. The number of hydrogen-bond acceptors (Lipinski definition) is 6. The van der Waals surface area contributed by atoms with E-state index in [0.29, 0.717) is 5.58 Å². The molecule has 2 aromatic carbocycles. The predicted octanol–water partition coefficient (Wildman–Crippen LogP) is 4.71. The number of aryl methyl sites for hydroxylation is 1. The lowest BCUT2D eigenvalue weighted by atomic mass is 9.91. The number of benzene rings is 2. The average molecular weight is 464 g/mol. The van der Waals surface area contributed by atoms with Gasteiger partial charge in [-0.1, -0.05) is 30.3 Å². The Kier molecular flexibility index (Phi) is 6.72. The van der Waals surface area contributed by atoms with Gasteiger partial charge in [0.05, 0.1) is 0 Å². The summed E-state index contributed by atoms with van der Waals surface area (Å²) in [7, 11) is 0. The lowest BCUT2D eigenvalue weighted by molar-refractivity contribution is -0.136. The molecule has 1 N–H and O–H groups in total. The van der Waals surface area contributed by atoms with Crippen molar-refractivity contribution >= 4 is 23.0 Å². The Hall–Kier alpha value is -3.61. The van der Waals surface area contributed by atoms with Crippen molar-refractivity contribution in [1.29, 1.82) is 0 Å². The van der Waals surface area contributed by atoms with Crippen LogP contribution in [-0.2, 0) is 28.8 Å².